The number of hydrogen-bond acceptors (Lipinski definition) is 7. The van der Waals surface area contributed by atoms with E-state index in [9.17, 15) is 14.4 Å². The fourth-order valence-corrected chi connectivity index (χ4v) is 2.27. The van der Waals surface area contributed by atoms with Crippen molar-refractivity contribution in [2.45, 2.75) is 13.8 Å². The van der Waals surface area contributed by atoms with Crippen LogP contribution in [-0.2, 0) is 4.74 Å². The van der Waals surface area contributed by atoms with Crippen molar-refractivity contribution >= 4 is 17.5 Å². The maximum Gasteiger partial charge on any atom is 0.342 e. The molecule has 21 heavy (non-hydrogen) atoms. The van der Waals surface area contributed by atoms with Crippen LogP contribution in [0.25, 0.3) is 0 Å². The van der Waals surface area contributed by atoms with E-state index >= 15 is 0 Å². The molecule has 1 aliphatic rings. The molecule has 1 aliphatic carbocycles. The lowest BCUT2D eigenvalue weighted by Gasteiger charge is -2.11. The highest BCUT2D eigenvalue weighted by Gasteiger charge is 2.40. The molecule has 0 fully saturated rings. The highest BCUT2D eigenvalue weighted by molar-refractivity contribution is 6.28. The summed E-state index contributed by atoms with van der Waals surface area (Å²) < 4.78 is 10.2. The van der Waals surface area contributed by atoms with E-state index in [1.807, 2.05) is 0 Å². The van der Waals surface area contributed by atoms with Crippen LogP contribution in [-0.4, -0.2) is 34.1 Å². The van der Waals surface area contributed by atoms with Crippen molar-refractivity contribution in [2.75, 3.05) is 6.61 Å². The number of carbonyl (C=O) groups is 3. The summed E-state index contributed by atoms with van der Waals surface area (Å²) in [7, 11) is 0. The summed E-state index contributed by atoms with van der Waals surface area (Å²) in [6.45, 7) is 3.29. The van der Waals surface area contributed by atoms with Crippen LogP contribution in [0.3, 0.4) is 0 Å². The zero-order valence-electron chi connectivity index (χ0n) is 11.3. The summed E-state index contributed by atoms with van der Waals surface area (Å²) >= 11 is 0. The molecular weight excluding hydrogens is 276 g/mol. The monoisotopic (exact) mass is 286 g/mol. The molecule has 0 amide bonds. The Morgan fingerprint density at radius 3 is 2.43 bits per heavy atom. The summed E-state index contributed by atoms with van der Waals surface area (Å²) in [5, 5.41) is 0. The molecule has 0 saturated heterocycles. The Balaban J connectivity index is 2.24. The Labute approximate surface area is 119 Å². The number of rotatable bonds is 2. The molecule has 2 aromatic heterocycles. The number of aryl methyl sites for hydroxylation is 1. The molecule has 7 heteroatoms. The van der Waals surface area contributed by atoms with Gasteiger partial charge >= 0.3 is 5.97 Å². The number of hydrogen-bond donors (Lipinski definition) is 0. The van der Waals surface area contributed by atoms with E-state index in [1.54, 1.807) is 6.92 Å². The van der Waals surface area contributed by atoms with Gasteiger partial charge in [-0.15, -0.1) is 0 Å². The lowest BCUT2D eigenvalue weighted by atomic mass is 9.92. The van der Waals surface area contributed by atoms with Crippen LogP contribution in [0, 0.1) is 6.92 Å². The number of nitrogens with zero attached hydrogens (tertiary/aromatic N) is 2. The standard InChI is InChI=1S/C14H10N2O5/c1-3-20-14(19)7-6(2)21-13-8(7)11(17)9-10(12(13)18)16-5-4-15-9/h4-5H,3H2,1-2H3. The highest BCUT2D eigenvalue weighted by Crippen LogP contribution is 2.31. The zero-order chi connectivity index (χ0) is 15.1. The van der Waals surface area contributed by atoms with Gasteiger partial charge in [-0.25, -0.2) is 14.8 Å². The fraction of sp³-hybridized carbons (Fsp3) is 0.214. The van der Waals surface area contributed by atoms with Gasteiger partial charge in [0, 0.05) is 12.4 Å². The molecule has 0 unspecified atom stereocenters. The number of furan rings is 1. The molecule has 0 bridgehead atoms. The maximum atomic E-state index is 12.5. The quantitative estimate of drug-likeness (QED) is 0.655. The van der Waals surface area contributed by atoms with E-state index in [4.69, 9.17) is 9.15 Å². The summed E-state index contributed by atoms with van der Waals surface area (Å²) in [6, 6.07) is 0. The van der Waals surface area contributed by atoms with Gasteiger partial charge in [0.15, 0.2) is 5.76 Å². The second-order valence-corrected chi connectivity index (χ2v) is 4.37. The van der Waals surface area contributed by atoms with Crippen LogP contribution in [0.2, 0.25) is 0 Å². The zero-order valence-corrected chi connectivity index (χ0v) is 11.3. The molecule has 3 rings (SSSR count). The highest BCUT2D eigenvalue weighted by atomic mass is 16.5. The molecule has 7 nitrogen and oxygen atoms in total. The van der Waals surface area contributed by atoms with Crippen molar-refractivity contribution in [1.82, 2.24) is 9.97 Å². The molecule has 0 aromatic carbocycles. The summed E-state index contributed by atoms with van der Waals surface area (Å²) in [6.07, 6.45) is 2.63. The third-order valence-corrected chi connectivity index (χ3v) is 3.13. The fourth-order valence-electron chi connectivity index (χ4n) is 2.27. The average Bonchev–Trinajstić information content (AvgIpc) is 2.83. The molecular formula is C14H10N2O5. The van der Waals surface area contributed by atoms with E-state index in [1.165, 1.54) is 19.3 Å². The third-order valence-electron chi connectivity index (χ3n) is 3.13. The lowest BCUT2D eigenvalue weighted by Crippen LogP contribution is -2.24. The third kappa shape index (κ3) is 1.78. The van der Waals surface area contributed by atoms with Gasteiger partial charge in [0.25, 0.3) is 0 Å². The molecule has 0 atom stereocenters. The van der Waals surface area contributed by atoms with Crippen molar-refractivity contribution in [1.29, 1.82) is 0 Å². The molecule has 0 radical (unpaired) electrons. The van der Waals surface area contributed by atoms with Gasteiger partial charge in [0.2, 0.25) is 11.6 Å². The minimum atomic E-state index is -0.700. The van der Waals surface area contributed by atoms with Crippen LogP contribution in [0.1, 0.15) is 55.3 Å². The van der Waals surface area contributed by atoms with Crippen molar-refractivity contribution in [2.24, 2.45) is 0 Å². The molecule has 2 aromatic rings. The molecule has 0 aliphatic heterocycles. The number of aromatic nitrogens is 2. The van der Waals surface area contributed by atoms with Gasteiger partial charge in [0.05, 0.1) is 12.2 Å². The SMILES string of the molecule is CCOC(=O)c1c(C)oc2c1C(=O)c1nccnc1C2=O. The van der Waals surface area contributed by atoms with Crippen molar-refractivity contribution in [3.8, 4) is 0 Å². The summed E-state index contributed by atoms with van der Waals surface area (Å²) in [5.74, 6) is -1.85. The predicted octanol–water partition coefficient (Wildman–Crippen LogP) is 1.33. The molecule has 106 valence electrons. The van der Waals surface area contributed by atoms with Gasteiger partial charge in [-0.1, -0.05) is 0 Å². The first-order valence-electron chi connectivity index (χ1n) is 6.27. The van der Waals surface area contributed by atoms with Gasteiger partial charge in [-0.3, -0.25) is 9.59 Å². The van der Waals surface area contributed by atoms with Crippen LogP contribution in [0.4, 0.5) is 0 Å². The molecule has 0 spiro atoms. The Bertz CT molecular complexity index is 791. The number of ketones is 2. The Morgan fingerprint density at radius 1 is 1.19 bits per heavy atom. The smallest absolute Gasteiger partial charge is 0.342 e. The van der Waals surface area contributed by atoms with Crippen LogP contribution >= 0.6 is 0 Å². The van der Waals surface area contributed by atoms with Crippen LogP contribution in [0.5, 0.6) is 0 Å². The summed E-state index contributed by atoms with van der Waals surface area (Å²) in [5.41, 5.74) is -0.272. The van der Waals surface area contributed by atoms with Gasteiger partial charge in [0.1, 0.15) is 22.7 Å². The van der Waals surface area contributed by atoms with Gasteiger partial charge in [-0.05, 0) is 13.8 Å². The largest absolute Gasteiger partial charge is 0.462 e. The first-order valence-corrected chi connectivity index (χ1v) is 6.27. The maximum absolute atomic E-state index is 12.5. The van der Waals surface area contributed by atoms with E-state index in [2.05, 4.69) is 9.97 Å². The minimum Gasteiger partial charge on any atom is -0.462 e. The summed E-state index contributed by atoms with van der Waals surface area (Å²) in [4.78, 5) is 44.5. The van der Waals surface area contributed by atoms with E-state index in [0.29, 0.717) is 0 Å². The first-order chi connectivity index (χ1) is 10.1. The first kappa shape index (κ1) is 13.2. The second-order valence-electron chi connectivity index (χ2n) is 4.37. The van der Waals surface area contributed by atoms with E-state index in [0.717, 1.165) is 0 Å². The Hall–Kier alpha value is -2.83. The van der Waals surface area contributed by atoms with Crippen molar-refractivity contribution < 1.29 is 23.5 Å². The minimum absolute atomic E-state index is 0.0264. The van der Waals surface area contributed by atoms with Crippen molar-refractivity contribution in [3.63, 3.8) is 0 Å². The van der Waals surface area contributed by atoms with Crippen LogP contribution in [0.15, 0.2) is 16.8 Å². The molecule has 0 N–H and O–H groups in total. The topological polar surface area (TPSA) is 99.4 Å². The number of esters is 1. The molecule has 2 heterocycles. The van der Waals surface area contributed by atoms with Gasteiger partial charge in [-0.2, -0.15) is 0 Å². The van der Waals surface area contributed by atoms with Crippen molar-refractivity contribution in [3.05, 3.63) is 46.4 Å². The van der Waals surface area contributed by atoms with Gasteiger partial charge < -0.3 is 9.15 Å². The Morgan fingerprint density at radius 2 is 1.81 bits per heavy atom. The number of carbonyl (C=O) groups excluding carboxylic acids is 3. The second kappa shape index (κ2) is 4.62. The Kier molecular flexibility index (Phi) is 2.90. The molecule has 0 saturated carbocycles. The van der Waals surface area contributed by atoms with E-state index in [-0.39, 0.29) is 40.6 Å². The van der Waals surface area contributed by atoms with E-state index < -0.39 is 17.5 Å². The number of ether oxygens (including phenoxy) is 1. The lowest BCUT2D eigenvalue weighted by molar-refractivity contribution is 0.0521. The number of fused-ring (bicyclic) bond motifs is 2. The normalized spacial score (nSPS) is 12.9. The average molecular weight is 286 g/mol. The van der Waals surface area contributed by atoms with Crippen LogP contribution < -0.4 is 0 Å². The predicted molar refractivity (Wildman–Crippen MR) is 68.3 cm³/mol.